The number of nitrogens with zero attached hydrogens (tertiary/aromatic N) is 2. The van der Waals surface area contributed by atoms with E-state index >= 15 is 0 Å². The molecule has 5 rings (SSSR count). The molecule has 7 nitrogen and oxygen atoms in total. The van der Waals surface area contributed by atoms with Crippen molar-refractivity contribution in [2.75, 3.05) is 19.7 Å². The zero-order valence-electron chi connectivity index (χ0n) is 19.5. The number of aromatic amines is 1. The Balaban J connectivity index is 0.00000259. The van der Waals surface area contributed by atoms with Crippen LogP contribution in [0.3, 0.4) is 0 Å². The first kappa shape index (κ1) is 23.5. The van der Waals surface area contributed by atoms with E-state index in [4.69, 9.17) is 9.72 Å². The number of halogens is 1. The first-order valence-corrected chi connectivity index (χ1v) is 11.6. The molecule has 2 aromatic heterocycles. The van der Waals surface area contributed by atoms with Crippen LogP contribution < -0.4 is 15.4 Å². The van der Waals surface area contributed by atoms with Crippen molar-refractivity contribution in [2.45, 2.75) is 52.5 Å². The molecule has 1 amide bonds. The minimum Gasteiger partial charge on any atom is -0.493 e. The fourth-order valence-electron chi connectivity index (χ4n) is 4.44. The molecule has 0 atom stereocenters. The lowest BCUT2D eigenvalue weighted by atomic mass is 10.0. The highest BCUT2D eigenvalue weighted by atomic mass is 35.5. The number of aryl methyl sites for hydroxylation is 3. The van der Waals surface area contributed by atoms with Crippen LogP contribution in [-0.4, -0.2) is 46.6 Å². The summed E-state index contributed by atoms with van der Waals surface area (Å²) in [6.45, 7) is 8.47. The molecule has 3 heterocycles. The molecular formula is C25H32ClN5O2. The first-order valence-electron chi connectivity index (χ1n) is 11.6. The molecule has 3 N–H and O–H groups in total. The number of fused-ring (bicyclic) bond motifs is 1. The smallest absolute Gasteiger partial charge is 0.255 e. The lowest BCUT2D eigenvalue weighted by Crippen LogP contribution is -2.42. The van der Waals surface area contributed by atoms with Crippen molar-refractivity contribution in [3.8, 4) is 17.0 Å². The van der Waals surface area contributed by atoms with Crippen LogP contribution in [0.5, 0.6) is 5.75 Å². The SMILES string of the molecule is Cc1ccc(OCC2CC2)c(-c2nc(C)nc3c(C(=O)NC4CCNCC4)c(C)[nH]c23)c1.Cl. The number of ether oxygens (including phenoxy) is 1. The number of benzene rings is 1. The Labute approximate surface area is 200 Å². The Morgan fingerprint density at radius 1 is 1.12 bits per heavy atom. The molecule has 33 heavy (non-hydrogen) atoms. The number of hydrogen-bond donors (Lipinski definition) is 3. The summed E-state index contributed by atoms with van der Waals surface area (Å²) in [6, 6.07) is 6.38. The van der Waals surface area contributed by atoms with Crippen LogP contribution in [-0.2, 0) is 0 Å². The monoisotopic (exact) mass is 469 g/mol. The zero-order chi connectivity index (χ0) is 22.2. The third-order valence-corrected chi connectivity index (χ3v) is 6.41. The quantitative estimate of drug-likeness (QED) is 0.502. The van der Waals surface area contributed by atoms with Gasteiger partial charge in [0.05, 0.1) is 17.7 Å². The molecule has 0 bridgehead atoms. The maximum absolute atomic E-state index is 13.2. The van der Waals surface area contributed by atoms with Crippen LogP contribution in [0, 0.1) is 26.7 Å². The van der Waals surface area contributed by atoms with Gasteiger partial charge in [0, 0.05) is 17.3 Å². The van der Waals surface area contributed by atoms with Crippen molar-refractivity contribution in [2.24, 2.45) is 5.92 Å². The maximum atomic E-state index is 13.2. The fraction of sp³-hybridized carbons (Fsp3) is 0.480. The van der Waals surface area contributed by atoms with E-state index in [0.29, 0.717) is 22.8 Å². The van der Waals surface area contributed by atoms with Gasteiger partial charge >= 0.3 is 0 Å². The molecule has 0 unspecified atom stereocenters. The maximum Gasteiger partial charge on any atom is 0.255 e. The second-order valence-corrected chi connectivity index (χ2v) is 9.22. The minimum atomic E-state index is -0.0702. The van der Waals surface area contributed by atoms with Gasteiger partial charge in [0.2, 0.25) is 0 Å². The van der Waals surface area contributed by atoms with Crippen LogP contribution in [0.25, 0.3) is 22.3 Å². The summed E-state index contributed by atoms with van der Waals surface area (Å²) < 4.78 is 6.18. The molecular weight excluding hydrogens is 438 g/mol. The highest BCUT2D eigenvalue weighted by molar-refractivity contribution is 6.09. The van der Waals surface area contributed by atoms with Crippen molar-refractivity contribution >= 4 is 29.3 Å². The Kier molecular flexibility index (Phi) is 6.91. The summed E-state index contributed by atoms with van der Waals surface area (Å²) in [7, 11) is 0. The first-order chi connectivity index (χ1) is 15.5. The zero-order valence-corrected chi connectivity index (χ0v) is 20.3. The van der Waals surface area contributed by atoms with Crippen molar-refractivity contribution in [1.29, 1.82) is 0 Å². The number of piperidine rings is 1. The second-order valence-electron chi connectivity index (χ2n) is 9.22. The minimum absolute atomic E-state index is 0. The normalized spacial score (nSPS) is 16.5. The van der Waals surface area contributed by atoms with E-state index in [0.717, 1.165) is 66.3 Å². The molecule has 1 aromatic carbocycles. The molecule has 2 aliphatic rings. The summed E-state index contributed by atoms with van der Waals surface area (Å²) in [5.74, 6) is 2.06. The second kappa shape index (κ2) is 9.69. The van der Waals surface area contributed by atoms with Crippen LogP contribution in [0.15, 0.2) is 18.2 Å². The largest absolute Gasteiger partial charge is 0.493 e. The lowest BCUT2D eigenvalue weighted by Gasteiger charge is -2.23. The van der Waals surface area contributed by atoms with E-state index in [2.05, 4.69) is 39.7 Å². The Bertz CT molecular complexity index is 1170. The van der Waals surface area contributed by atoms with E-state index in [-0.39, 0.29) is 24.4 Å². The number of carbonyl (C=O) groups is 1. The van der Waals surface area contributed by atoms with E-state index in [1.807, 2.05) is 19.9 Å². The average molecular weight is 470 g/mol. The van der Waals surface area contributed by atoms with Gasteiger partial charge in [-0.3, -0.25) is 4.79 Å². The van der Waals surface area contributed by atoms with Gasteiger partial charge in [-0.05, 0) is 77.6 Å². The summed E-state index contributed by atoms with van der Waals surface area (Å²) in [4.78, 5) is 26.1. The van der Waals surface area contributed by atoms with Gasteiger partial charge in [0.25, 0.3) is 5.91 Å². The van der Waals surface area contributed by atoms with E-state index < -0.39 is 0 Å². The topological polar surface area (TPSA) is 91.9 Å². The fourth-order valence-corrected chi connectivity index (χ4v) is 4.44. The van der Waals surface area contributed by atoms with Gasteiger partial charge in [0.1, 0.15) is 22.8 Å². The Morgan fingerprint density at radius 2 is 1.88 bits per heavy atom. The van der Waals surface area contributed by atoms with E-state index in [9.17, 15) is 4.79 Å². The third-order valence-electron chi connectivity index (χ3n) is 6.41. The van der Waals surface area contributed by atoms with Crippen molar-refractivity contribution < 1.29 is 9.53 Å². The number of amides is 1. The molecule has 0 radical (unpaired) electrons. The number of nitrogens with one attached hydrogen (secondary N) is 3. The number of aromatic nitrogens is 3. The lowest BCUT2D eigenvalue weighted by molar-refractivity contribution is 0.0930. The third kappa shape index (κ3) is 4.99. The van der Waals surface area contributed by atoms with Gasteiger partial charge < -0.3 is 20.4 Å². The average Bonchev–Trinajstić information content (AvgIpc) is 3.54. The van der Waals surface area contributed by atoms with Gasteiger partial charge in [-0.2, -0.15) is 0 Å². The summed E-state index contributed by atoms with van der Waals surface area (Å²) >= 11 is 0. The summed E-state index contributed by atoms with van der Waals surface area (Å²) in [5, 5.41) is 6.55. The molecule has 1 saturated heterocycles. The number of carbonyl (C=O) groups excluding carboxylic acids is 1. The molecule has 2 fully saturated rings. The van der Waals surface area contributed by atoms with Gasteiger partial charge in [-0.15, -0.1) is 12.4 Å². The summed E-state index contributed by atoms with van der Waals surface area (Å²) in [5.41, 5.74) is 5.73. The standard InChI is InChI=1S/C25H31N5O2.ClH/c1-14-4-7-20(32-13-17-5-6-17)19(12-14)22-24-23(29-16(3)28-22)21(15(2)27-24)25(31)30-18-8-10-26-11-9-18;/h4,7,12,17-18,26-27H,5-6,8-11,13H2,1-3H3,(H,30,31);1H. The molecule has 176 valence electrons. The van der Waals surface area contributed by atoms with Crippen LogP contribution in [0.1, 0.15) is 53.1 Å². The van der Waals surface area contributed by atoms with Gasteiger partial charge in [-0.25, -0.2) is 9.97 Å². The van der Waals surface area contributed by atoms with Crippen LogP contribution in [0.4, 0.5) is 0 Å². The summed E-state index contributed by atoms with van der Waals surface area (Å²) in [6.07, 6.45) is 4.36. The predicted molar refractivity (Wildman–Crippen MR) is 132 cm³/mol. The van der Waals surface area contributed by atoms with Crippen molar-refractivity contribution in [3.63, 3.8) is 0 Å². The molecule has 3 aromatic rings. The van der Waals surface area contributed by atoms with E-state index in [1.165, 1.54) is 12.8 Å². The Morgan fingerprint density at radius 3 is 2.61 bits per heavy atom. The van der Waals surface area contributed by atoms with Gasteiger partial charge in [0.15, 0.2) is 0 Å². The molecule has 8 heteroatoms. The number of hydrogen-bond acceptors (Lipinski definition) is 5. The molecule has 1 aliphatic carbocycles. The molecule has 1 aliphatic heterocycles. The van der Waals surface area contributed by atoms with Crippen molar-refractivity contribution in [3.05, 3.63) is 40.8 Å². The van der Waals surface area contributed by atoms with Gasteiger partial charge in [-0.1, -0.05) is 11.6 Å². The highest BCUT2D eigenvalue weighted by Crippen LogP contribution is 2.37. The van der Waals surface area contributed by atoms with Crippen LogP contribution >= 0.6 is 12.4 Å². The Hall–Kier alpha value is -2.64. The van der Waals surface area contributed by atoms with E-state index in [1.54, 1.807) is 0 Å². The number of H-pyrrole nitrogens is 1. The highest BCUT2D eigenvalue weighted by Gasteiger charge is 2.26. The molecule has 1 saturated carbocycles. The van der Waals surface area contributed by atoms with Crippen molar-refractivity contribution in [1.82, 2.24) is 25.6 Å². The molecule has 0 spiro atoms. The predicted octanol–water partition coefficient (Wildman–Crippen LogP) is 4.24. The van der Waals surface area contributed by atoms with Crippen LogP contribution in [0.2, 0.25) is 0 Å². The number of rotatable bonds is 6.